The number of rotatable bonds is 6. The Hall–Kier alpha value is -1.82. The van der Waals surface area contributed by atoms with Crippen molar-refractivity contribution in [3.05, 3.63) is 23.0 Å². The first-order valence-electron chi connectivity index (χ1n) is 7.31. The highest BCUT2D eigenvalue weighted by Crippen LogP contribution is 2.39. The number of benzene rings is 1. The Morgan fingerprint density at radius 3 is 2.62 bits per heavy atom. The third kappa shape index (κ3) is 2.81. The van der Waals surface area contributed by atoms with Crippen LogP contribution in [0.2, 0.25) is 0 Å². The normalized spacial score (nSPS) is 14.2. The Morgan fingerprint density at radius 1 is 1.24 bits per heavy atom. The van der Waals surface area contributed by atoms with Gasteiger partial charge in [0.2, 0.25) is 0 Å². The Kier molecular flexibility index (Phi) is 3.96. The molecule has 1 aromatic heterocycles. The summed E-state index contributed by atoms with van der Waals surface area (Å²) in [6.07, 6.45) is 2.33. The summed E-state index contributed by atoms with van der Waals surface area (Å²) >= 11 is 5.33. The fourth-order valence-electron chi connectivity index (χ4n) is 2.37. The summed E-state index contributed by atoms with van der Waals surface area (Å²) < 4.78 is 14.0. The summed E-state index contributed by atoms with van der Waals surface area (Å²) in [6.45, 7) is 5.13. The van der Waals surface area contributed by atoms with Crippen molar-refractivity contribution in [1.29, 1.82) is 0 Å². The van der Waals surface area contributed by atoms with Gasteiger partial charge >= 0.3 is 0 Å². The molecule has 5 nitrogen and oxygen atoms in total. The Bertz CT molecular complexity index is 688. The molecule has 1 aliphatic rings. The highest BCUT2D eigenvalue weighted by atomic mass is 32.1. The van der Waals surface area contributed by atoms with E-state index in [4.69, 9.17) is 21.7 Å². The lowest BCUT2D eigenvalue weighted by atomic mass is 10.2. The molecule has 0 aliphatic heterocycles. The van der Waals surface area contributed by atoms with Crippen LogP contribution in [0.4, 0.5) is 0 Å². The molecule has 1 aromatic carbocycles. The molecule has 0 radical (unpaired) electrons. The van der Waals surface area contributed by atoms with Gasteiger partial charge in [-0.15, -0.1) is 0 Å². The Morgan fingerprint density at radius 2 is 1.95 bits per heavy atom. The van der Waals surface area contributed by atoms with E-state index >= 15 is 0 Å². The molecule has 0 amide bonds. The van der Waals surface area contributed by atoms with Gasteiger partial charge in [-0.3, -0.25) is 9.67 Å². The van der Waals surface area contributed by atoms with Crippen LogP contribution in [0.5, 0.6) is 11.5 Å². The largest absolute Gasteiger partial charge is 0.490 e. The maximum absolute atomic E-state index is 5.68. The van der Waals surface area contributed by atoms with E-state index in [0.29, 0.717) is 24.0 Å². The van der Waals surface area contributed by atoms with Crippen molar-refractivity contribution in [2.24, 2.45) is 0 Å². The van der Waals surface area contributed by atoms with E-state index < -0.39 is 0 Å². The van der Waals surface area contributed by atoms with E-state index in [1.807, 2.05) is 32.0 Å². The fraction of sp³-hybridized carbons (Fsp3) is 0.467. The third-order valence-corrected chi connectivity index (χ3v) is 3.71. The smallest absolute Gasteiger partial charge is 0.195 e. The molecule has 0 atom stereocenters. The van der Waals surface area contributed by atoms with Gasteiger partial charge in [-0.1, -0.05) is 0 Å². The van der Waals surface area contributed by atoms with Crippen LogP contribution >= 0.6 is 12.2 Å². The molecule has 3 rings (SSSR count). The standard InChI is InChI=1S/C15H19N3O2S/c1-3-19-12-8-5-10(9-13(12)20-4-2)14-16-17-15(21)18(14)11-6-7-11/h5,8-9,11H,3-4,6-7H2,1-2H3,(H,17,21). The molecule has 0 spiro atoms. The second kappa shape index (κ2) is 5.89. The first-order chi connectivity index (χ1) is 10.2. The topological polar surface area (TPSA) is 52.1 Å². The van der Waals surface area contributed by atoms with Crippen molar-refractivity contribution in [3.8, 4) is 22.9 Å². The first kappa shape index (κ1) is 14.1. The predicted molar refractivity (Wildman–Crippen MR) is 83.5 cm³/mol. The number of hydrogen-bond acceptors (Lipinski definition) is 4. The molecular weight excluding hydrogens is 286 g/mol. The van der Waals surface area contributed by atoms with Gasteiger partial charge in [-0.25, -0.2) is 0 Å². The van der Waals surface area contributed by atoms with Crippen molar-refractivity contribution in [2.45, 2.75) is 32.7 Å². The molecule has 1 saturated carbocycles. The molecule has 21 heavy (non-hydrogen) atoms. The monoisotopic (exact) mass is 305 g/mol. The number of aromatic amines is 1. The van der Waals surface area contributed by atoms with Crippen molar-refractivity contribution < 1.29 is 9.47 Å². The number of ether oxygens (including phenoxy) is 2. The van der Waals surface area contributed by atoms with Crippen molar-refractivity contribution in [2.75, 3.05) is 13.2 Å². The molecule has 2 aromatic rings. The molecule has 1 fully saturated rings. The van der Waals surface area contributed by atoms with Crippen LogP contribution in [-0.2, 0) is 0 Å². The number of hydrogen-bond donors (Lipinski definition) is 1. The molecule has 0 unspecified atom stereocenters. The lowest BCUT2D eigenvalue weighted by Crippen LogP contribution is -2.01. The van der Waals surface area contributed by atoms with Gasteiger partial charge in [-0.05, 0) is 57.1 Å². The van der Waals surface area contributed by atoms with Crippen LogP contribution in [0, 0.1) is 4.77 Å². The van der Waals surface area contributed by atoms with E-state index in [1.165, 1.54) is 0 Å². The average molecular weight is 305 g/mol. The fourth-order valence-corrected chi connectivity index (χ4v) is 2.65. The summed E-state index contributed by atoms with van der Waals surface area (Å²) in [7, 11) is 0. The zero-order valence-corrected chi connectivity index (χ0v) is 13.1. The number of nitrogens with one attached hydrogen (secondary N) is 1. The van der Waals surface area contributed by atoms with Crippen molar-refractivity contribution in [1.82, 2.24) is 14.8 Å². The molecule has 112 valence electrons. The number of aromatic nitrogens is 3. The summed E-state index contributed by atoms with van der Waals surface area (Å²) in [5, 5.41) is 7.27. The maximum atomic E-state index is 5.68. The van der Waals surface area contributed by atoms with E-state index in [-0.39, 0.29) is 0 Å². The second-order valence-corrected chi connectivity index (χ2v) is 5.37. The first-order valence-corrected chi connectivity index (χ1v) is 7.72. The lowest BCUT2D eigenvalue weighted by molar-refractivity contribution is 0.288. The number of H-pyrrole nitrogens is 1. The van der Waals surface area contributed by atoms with Crippen LogP contribution in [0.15, 0.2) is 18.2 Å². The summed E-state index contributed by atoms with van der Waals surface area (Å²) in [5.41, 5.74) is 0.987. The summed E-state index contributed by atoms with van der Waals surface area (Å²) in [5.74, 6) is 2.37. The minimum atomic E-state index is 0.480. The van der Waals surface area contributed by atoms with Crippen LogP contribution in [0.3, 0.4) is 0 Å². The highest BCUT2D eigenvalue weighted by molar-refractivity contribution is 7.71. The Balaban J connectivity index is 2.02. The van der Waals surface area contributed by atoms with Gasteiger partial charge < -0.3 is 9.47 Å². The number of nitrogens with zero attached hydrogens (tertiary/aromatic N) is 2. The second-order valence-electron chi connectivity index (χ2n) is 4.98. The molecule has 1 aliphatic carbocycles. The Labute approximate surface area is 128 Å². The quantitative estimate of drug-likeness (QED) is 0.826. The molecule has 0 bridgehead atoms. The molecule has 6 heteroatoms. The highest BCUT2D eigenvalue weighted by Gasteiger charge is 2.28. The van der Waals surface area contributed by atoms with E-state index in [1.54, 1.807) is 0 Å². The zero-order valence-electron chi connectivity index (χ0n) is 12.3. The van der Waals surface area contributed by atoms with Crippen LogP contribution in [0.1, 0.15) is 32.7 Å². The van der Waals surface area contributed by atoms with E-state index in [2.05, 4.69) is 14.8 Å². The van der Waals surface area contributed by atoms with Crippen LogP contribution < -0.4 is 9.47 Å². The van der Waals surface area contributed by atoms with Gasteiger partial charge in [0.05, 0.1) is 13.2 Å². The van der Waals surface area contributed by atoms with E-state index in [9.17, 15) is 0 Å². The minimum Gasteiger partial charge on any atom is -0.490 e. The van der Waals surface area contributed by atoms with Crippen LogP contribution in [0.25, 0.3) is 11.4 Å². The molecular formula is C15H19N3O2S. The maximum Gasteiger partial charge on any atom is 0.195 e. The predicted octanol–water partition coefficient (Wildman–Crippen LogP) is 3.74. The van der Waals surface area contributed by atoms with Crippen molar-refractivity contribution in [3.63, 3.8) is 0 Å². The lowest BCUT2D eigenvalue weighted by Gasteiger charge is -2.12. The average Bonchev–Trinajstić information content (AvgIpc) is 3.24. The van der Waals surface area contributed by atoms with Gasteiger partial charge in [-0.2, -0.15) is 5.10 Å². The van der Waals surface area contributed by atoms with Crippen molar-refractivity contribution >= 4 is 12.2 Å². The summed E-state index contributed by atoms with van der Waals surface area (Å²) in [6, 6.07) is 6.38. The summed E-state index contributed by atoms with van der Waals surface area (Å²) in [4.78, 5) is 0. The molecule has 1 N–H and O–H groups in total. The third-order valence-electron chi connectivity index (χ3n) is 3.42. The van der Waals surface area contributed by atoms with Crippen LogP contribution in [-0.4, -0.2) is 28.0 Å². The van der Waals surface area contributed by atoms with Gasteiger partial charge in [0.15, 0.2) is 22.1 Å². The van der Waals surface area contributed by atoms with Gasteiger partial charge in [0.25, 0.3) is 0 Å². The molecule has 1 heterocycles. The van der Waals surface area contributed by atoms with Gasteiger partial charge in [0.1, 0.15) is 0 Å². The minimum absolute atomic E-state index is 0.480. The molecule has 0 saturated heterocycles. The van der Waals surface area contributed by atoms with E-state index in [0.717, 1.165) is 35.7 Å². The SMILES string of the molecule is CCOc1ccc(-c2n[nH]c(=S)n2C2CC2)cc1OCC. The van der Waals surface area contributed by atoms with Gasteiger partial charge in [0, 0.05) is 11.6 Å². The zero-order chi connectivity index (χ0) is 14.8.